The zero-order chi connectivity index (χ0) is 53.0. The maximum atomic E-state index is 15.5. The summed E-state index contributed by atoms with van der Waals surface area (Å²) in [7, 11) is 0. The number of fused-ring (bicyclic) bond motifs is 7. The molecule has 0 spiro atoms. The third-order valence-corrected chi connectivity index (χ3v) is 19.9. The van der Waals surface area contributed by atoms with Crippen molar-refractivity contribution in [3.63, 3.8) is 0 Å². The Labute approximate surface area is 416 Å². The zero-order valence-electron chi connectivity index (χ0n) is 43.4. The average Bonchev–Trinajstić information content (AvgIpc) is 3.28. The number of aliphatic carboxylic acids is 1. The largest absolute Gasteiger partial charge is 0.481 e. The van der Waals surface area contributed by atoms with Gasteiger partial charge in [-0.15, -0.1) is 0 Å². The first-order valence-electron chi connectivity index (χ1n) is 25.7. The summed E-state index contributed by atoms with van der Waals surface area (Å²) in [5.74, 6) is -6.80. The molecule has 0 amide bonds. The van der Waals surface area contributed by atoms with Crippen LogP contribution in [-0.4, -0.2) is 162 Å². The zero-order valence-corrected chi connectivity index (χ0v) is 43.4. The molecule has 404 valence electrons. The van der Waals surface area contributed by atoms with Gasteiger partial charge in [0.1, 0.15) is 35.9 Å². The van der Waals surface area contributed by atoms with Crippen LogP contribution in [0.25, 0.3) is 0 Å². The molecule has 71 heavy (non-hydrogen) atoms. The van der Waals surface area contributed by atoms with E-state index in [0.717, 1.165) is 5.57 Å². The monoisotopic (exact) mass is 1010 g/mol. The number of allylic oxidation sites excluding steroid dienone is 2. The highest BCUT2D eigenvalue weighted by Gasteiger charge is 2.74. The molecule has 0 aromatic heterocycles. The predicted octanol–water partition coefficient (Wildman–Crippen LogP) is 2.51. The lowest BCUT2D eigenvalue weighted by Gasteiger charge is -2.71. The van der Waals surface area contributed by atoms with E-state index in [-0.39, 0.29) is 30.6 Å². The van der Waals surface area contributed by atoms with Crippen molar-refractivity contribution >= 4 is 23.9 Å². The predicted molar refractivity (Wildman–Crippen MR) is 249 cm³/mol. The van der Waals surface area contributed by atoms with Crippen LogP contribution in [0.15, 0.2) is 11.6 Å². The number of esters is 3. The molecule has 2 aliphatic heterocycles. The molecule has 19 nitrogen and oxygen atoms in total. The number of carbonyl (C=O) groups is 4. The molecule has 0 unspecified atom stereocenters. The fourth-order valence-electron chi connectivity index (χ4n) is 14.7. The number of hydrogen-bond acceptors (Lipinski definition) is 18. The number of hydrogen-bond donors (Lipinski definition) is 9. The van der Waals surface area contributed by atoms with E-state index in [1.54, 1.807) is 0 Å². The Hall–Kier alpha value is -2.82. The van der Waals surface area contributed by atoms with Crippen molar-refractivity contribution in [2.45, 2.75) is 226 Å². The summed E-state index contributed by atoms with van der Waals surface area (Å²) < 4.78 is 35.8. The Morgan fingerprint density at radius 1 is 0.704 bits per heavy atom. The molecule has 2 saturated heterocycles. The summed E-state index contributed by atoms with van der Waals surface area (Å²) in [6.45, 7) is 20.8. The SMILES string of the molecule is C[C@H](O)[C@H](C)C(=O)O[C@@H](C)[C@H](C)C(=O)O[C@@H]1[C@H](O)[C@@H](O[C@@H]2O[C@@H](C)[C@H](O)[C@@H](O)[C@H]2O)[C@H](OC(=O)[C@]23CCC(C)(C)C[C@H]2C2=CC[C@@H]4[C@@]5(C)C[C@H](O)[C@H](O)[C@@](C)(C(=O)O)[C@@H]5CC[C@@]4(C)[C@]2(C)C[C@H]3O)O[C@@H]1C. The smallest absolute Gasteiger partial charge is 0.317 e. The summed E-state index contributed by atoms with van der Waals surface area (Å²) in [4.78, 5) is 54.7. The Bertz CT molecular complexity index is 2060. The lowest BCUT2D eigenvalue weighted by atomic mass is 9.33. The van der Waals surface area contributed by atoms with Crippen molar-refractivity contribution in [1.29, 1.82) is 0 Å². The van der Waals surface area contributed by atoms with E-state index in [1.807, 2.05) is 6.92 Å². The summed E-state index contributed by atoms with van der Waals surface area (Å²) in [6, 6.07) is 0. The maximum Gasteiger partial charge on any atom is 0.317 e. The third kappa shape index (κ3) is 8.89. The summed E-state index contributed by atoms with van der Waals surface area (Å²) >= 11 is 0. The van der Waals surface area contributed by atoms with Gasteiger partial charge >= 0.3 is 23.9 Å². The first kappa shape index (κ1) is 55.9. The Morgan fingerprint density at radius 3 is 1.96 bits per heavy atom. The lowest BCUT2D eigenvalue weighted by Crippen LogP contribution is -2.70. The van der Waals surface area contributed by atoms with Gasteiger partial charge in [0.2, 0.25) is 6.29 Å². The first-order valence-corrected chi connectivity index (χ1v) is 25.7. The van der Waals surface area contributed by atoms with E-state index < -0.39 is 167 Å². The van der Waals surface area contributed by atoms with E-state index in [9.17, 15) is 60.3 Å². The normalized spacial score (nSPS) is 48.9. The number of carboxylic acid groups (broad SMARTS) is 1. The van der Waals surface area contributed by atoms with Gasteiger partial charge in [-0.2, -0.15) is 0 Å². The van der Waals surface area contributed by atoms with Gasteiger partial charge < -0.3 is 74.4 Å². The number of aliphatic hydroxyl groups excluding tert-OH is 8. The highest BCUT2D eigenvalue weighted by Crippen LogP contribution is 2.76. The number of carbonyl (C=O) groups excluding carboxylic acids is 3. The van der Waals surface area contributed by atoms with E-state index >= 15 is 4.79 Å². The van der Waals surface area contributed by atoms with Crippen LogP contribution in [0.5, 0.6) is 0 Å². The van der Waals surface area contributed by atoms with Crippen LogP contribution in [0.1, 0.15) is 134 Å². The van der Waals surface area contributed by atoms with Gasteiger partial charge in [-0.3, -0.25) is 19.2 Å². The summed E-state index contributed by atoms with van der Waals surface area (Å²) in [5, 5.41) is 100. The highest BCUT2D eigenvalue weighted by molar-refractivity contribution is 5.80. The van der Waals surface area contributed by atoms with Crippen molar-refractivity contribution in [2.24, 2.45) is 62.1 Å². The van der Waals surface area contributed by atoms with Gasteiger partial charge in [0, 0.05) is 0 Å². The molecule has 0 bridgehead atoms. The van der Waals surface area contributed by atoms with Gasteiger partial charge in [0.25, 0.3) is 0 Å². The lowest BCUT2D eigenvalue weighted by molar-refractivity contribution is -0.359. The molecule has 0 radical (unpaired) electrons. The Balaban J connectivity index is 1.21. The van der Waals surface area contributed by atoms with Gasteiger partial charge in [0.05, 0.1) is 53.9 Å². The molecule has 5 aliphatic carbocycles. The van der Waals surface area contributed by atoms with Gasteiger partial charge in [-0.05, 0) is 139 Å². The number of aliphatic hydroxyl groups is 8. The molecular formula is C52H82O19. The fourth-order valence-corrected chi connectivity index (χ4v) is 14.7. The molecular weight excluding hydrogens is 929 g/mol. The van der Waals surface area contributed by atoms with Crippen LogP contribution in [-0.2, 0) is 47.6 Å². The van der Waals surface area contributed by atoms with Crippen molar-refractivity contribution in [3.8, 4) is 0 Å². The molecule has 0 aromatic carbocycles. The highest BCUT2D eigenvalue weighted by atomic mass is 16.8. The second-order valence-corrected chi connectivity index (χ2v) is 24.5. The van der Waals surface area contributed by atoms with E-state index in [4.69, 9.17) is 28.4 Å². The summed E-state index contributed by atoms with van der Waals surface area (Å²) in [6.07, 6.45) is -16.9. The first-order chi connectivity index (χ1) is 32.7. The van der Waals surface area contributed by atoms with Gasteiger partial charge in [-0.25, -0.2) is 0 Å². The maximum absolute atomic E-state index is 15.5. The van der Waals surface area contributed by atoms with Gasteiger partial charge in [0.15, 0.2) is 18.5 Å². The minimum atomic E-state index is -1.87. The van der Waals surface area contributed by atoms with Crippen LogP contribution >= 0.6 is 0 Å². The minimum Gasteiger partial charge on any atom is -0.481 e. The Kier molecular flexibility index (Phi) is 15.3. The number of carboxylic acids is 1. The molecule has 4 saturated carbocycles. The van der Waals surface area contributed by atoms with Crippen LogP contribution in [0, 0.1) is 62.1 Å². The number of ether oxygens (including phenoxy) is 6. The van der Waals surface area contributed by atoms with E-state index in [1.165, 1.54) is 48.5 Å². The standard InChI is InChI=1S/C52H82O19/c1-22(24(3)53)41(61)66-25(4)23(2)42(62)69-38-27(6)68-44(39(37(38)59)70-43-36(58)35(57)34(56)26(5)67-43)71-46(65)52-18-17-47(7,8)19-29(52)28-13-14-31-48(9)20-30(54)40(60)51(12,45(63)64)32(48)15-16-49(31,10)50(28,11)21-33(52)55/h13,22-27,29-40,43-44,53-60H,14-21H2,1-12H3,(H,63,64)/t22-,23-,24-,25-,26-,27+,29-,30-,31+,32+,33+,34-,35+,36+,37-,38-,39+,40-,43-,44-,48+,49+,50+,51-,52+/m0/s1. The second-order valence-electron chi connectivity index (χ2n) is 24.5. The van der Waals surface area contributed by atoms with E-state index in [2.05, 4.69) is 33.8 Å². The molecule has 6 fully saturated rings. The fraction of sp³-hybridized carbons (Fsp3) is 0.885. The third-order valence-electron chi connectivity index (χ3n) is 19.9. The van der Waals surface area contributed by atoms with Crippen molar-refractivity contribution < 1.29 is 93.6 Å². The van der Waals surface area contributed by atoms with Crippen LogP contribution in [0.4, 0.5) is 0 Å². The molecule has 0 aromatic rings. The quantitative estimate of drug-likeness (QED) is 0.0816. The molecule has 25 atom stereocenters. The Morgan fingerprint density at radius 2 is 1.34 bits per heavy atom. The molecule has 19 heteroatoms. The van der Waals surface area contributed by atoms with Gasteiger partial charge in [-0.1, -0.05) is 46.3 Å². The van der Waals surface area contributed by atoms with Crippen molar-refractivity contribution in [1.82, 2.24) is 0 Å². The average molecular weight is 1010 g/mol. The molecule has 7 rings (SSSR count). The topological polar surface area (TPSA) is 306 Å². The minimum absolute atomic E-state index is 0.132. The molecule has 2 heterocycles. The second kappa shape index (κ2) is 19.4. The molecule has 7 aliphatic rings. The van der Waals surface area contributed by atoms with Crippen LogP contribution in [0.3, 0.4) is 0 Å². The van der Waals surface area contributed by atoms with Crippen molar-refractivity contribution in [2.75, 3.05) is 0 Å². The van der Waals surface area contributed by atoms with E-state index in [0.29, 0.717) is 32.1 Å². The molecule has 9 N–H and O–H groups in total. The van der Waals surface area contributed by atoms with Crippen molar-refractivity contribution in [3.05, 3.63) is 11.6 Å². The number of rotatable bonds is 11. The van der Waals surface area contributed by atoms with Crippen LogP contribution < -0.4 is 0 Å². The van der Waals surface area contributed by atoms with Crippen LogP contribution in [0.2, 0.25) is 0 Å². The summed E-state index contributed by atoms with van der Waals surface area (Å²) in [5.41, 5.74) is -4.45.